The molecule has 0 fully saturated rings. The van der Waals surface area contributed by atoms with Crippen LogP contribution < -0.4 is 9.47 Å². The van der Waals surface area contributed by atoms with Crippen LogP contribution in [-0.4, -0.2) is 34.5 Å². The van der Waals surface area contributed by atoms with E-state index in [9.17, 15) is 9.50 Å². The van der Waals surface area contributed by atoms with Crippen LogP contribution in [0.3, 0.4) is 0 Å². The van der Waals surface area contributed by atoms with Gasteiger partial charge in [-0.15, -0.1) is 0 Å². The molecule has 2 heterocycles. The number of aromatic hydroxyl groups is 1. The Morgan fingerprint density at radius 1 is 1.15 bits per heavy atom. The number of phenols is 1. The summed E-state index contributed by atoms with van der Waals surface area (Å²) >= 11 is 3.24. The van der Waals surface area contributed by atoms with Crippen LogP contribution in [0.2, 0.25) is 0 Å². The zero-order valence-corrected chi connectivity index (χ0v) is 16.3. The van der Waals surface area contributed by atoms with Crippen LogP contribution in [-0.2, 0) is 0 Å². The zero-order chi connectivity index (χ0) is 19.3. The largest absolute Gasteiger partial charge is 0.507 e. The lowest BCUT2D eigenvalue weighted by Crippen LogP contribution is -1.98. The van der Waals surface area contributed by atoms with Crippen molar-refractivity contribution in [1.29, 1.82) is 0 Å². The highest BCUT2D eigenvalue weighted by atomic mass is 79.9. The van der Waals surface area contributed by atoms with Crippen molar-refractivity contribution in [1.82, 2.24) is 15.2 Å². The monoisotopic (exact) mass is 431 g/mol. The van der Waals surface area contributed by atoms with Crippen LogP contribution in [0.15, 0.2) is 28.9 Å². The van der Waals surface area contributed by atoms with E-state index in [1.54, 1.807) is 26.5 Å². The Morgan fingerprint density at radius 3 is 2.63 bits per heavy atom. The topological polar surface area (TPSA) is 80.3 Å². The third-order valence-corrected chi connectivity index (χ3v) is 5.20. The minimum Gasteiger partial charge on any atom is -0.507 e. The molecule has 138 valence electrons. The van der Waals surface area contributed by atoms with E-state index in [0.29, 0.717) is 32.7 Å². The predicted molar refractivity (Wildman–Crippen MR) is 104 cm³/mol. The molecule has 2 N–H and O–H groups in total. The maximum Gasteiger partial charge on any atom is 0.164 e. The molecule has 0 aliphatic carbocycles. The van der Waals surface area contributed by atoms with Gasteiger partial charge in [0.1, 0.15) is 11.6 Å². The smallest absolute Gasteiger partial charge is 0.164 e. The molecule has 0 radical (unpaired) electrons. The molecule has 6 nitrogen and oxygen atoms in total. The fraction of sp³-hybridized carbons (Fsp3) is 0.158. The SMILES string of the molecule is COc1cc2c(-c3cc(Br)c(O)cc3F)nc3[nH]ncc3c2c(C)c1OC. The van der Waals surface area contributed by atoms with Gasteiger partial charge in [0.15, 0.2) is 17.1 Å². The van der Waals surface area contributed by atoms with E-state index in [4.69, 9.17) is 9.47 Å². The van der Waals surface area contributed by atoms with Crippen molar-refractivity contribution in [3.8, 4) is 28.5 Å². The lowest BCUT2D eigenvalue weighted by Gasteiger charge is -2.16. The van der Waals surface area contributed by atoms with Crippen LogP contribution in [0.25, 0.3) is 33.1 Å². The average Bonchev–Trinajstić information content (AvgIpc) is 3.11. The van der Waals surface area contributed by atoms with E-state index in [0.717, 1.165) is 22.4 Å². The Morgan fingerprint density at radius 2 is 1.93 bits per heavy atom. The highest BCUT2D eigenvalue weighted by Gasteiger charge is 2.21. The summed E-state index contributed by atoms with van der Waals surface area (Å²) in [6.07, 6.45) is 1.68. The Labute approximate surface area is 162 Å². The van der Waals surface area contributed by atoms with Gasteiger partial charge in [0.25, 0.3) is 0 Å². The Bertz CT molecular complexity index is 1210. The molecule has 0 atom stereocenters. The van der Waals surface area contributed by atoms with Crippen LogP contribution in [0.4, 0.5) is 4.39 Å². The molecule has 4 rings (SSSR count). The van der Waals surface area contributed by atoms with Crippen molar-refractivity contribution < 1.29 is 19.0 Å². The fourth-order valence-corrected chi connectivity index (χ4v) is 3.69. The zero-order valence-electron chi connectivity index (χ0n) is 14.7. The molecular weight excluding hydrogens is 417 g/mol. The van der Waals surface area contributed by atoms with Crippen molar-refractivity contribution in [2.45, 2.75) is 6.92 Å². The molecular formula is C19H15BrFN3O3. The minimum absolute atomic E-state index is 0.182. The standard InChI is InChI=1S/C19H15BrFN3O3/c1-8-16-10(5-15(26-2)18(8)27-3)17(23-19-11(16)7-22-24-19)9-4-12(20)14(25)6-13(9)21/h4-7,25H,1-3H3,(H,22,23,24). The van der Waals surface area contributed by atoms with Gasteiger partial charge in [0.2, 0.25) is 0 Å². The summed E-state index contributed by atoms with van der Waals surface area (Å²) in [6, 6.07) is 4.33. The van der Waals surface area contributed by atoms with Gasteiger partial charge in [0.05, 0.1) is 30.6 Å². The molecule has 27 heavy (non-hydrogen) atoms. The normalized spacial score (nSPS) is 11.3. The van der Waals surface area contributed by atoms with Crippen LogP contribution in [0.1, 0.15) is 5.56 Å². The van der Waals surface area contributed by atoms with Crippen molar-refractivity contribution in [3.05, 3.63) is 40.2 Å². The number of aryl methyl sites for hydroxylation is 1. The number of rotatable bonds is 3. The number of H-pyrrole nitrogens is 1. The summed E-state index contributed by atoms with van der Waals surface area (Å²) < 4.78 is 26.0. The molecule has 0 spiro atoms. The number of methoxy groups -OCH3 is 2. The number of hydrogen-bond acceptors (Lipinski definition) is 5. The number of halogens is 2. The maximum atomic E-state index is 14.7. The van der Waals surface area contributed by atoms with Gasteiger partial charge in [-0.25, -0.2) is 9.37 Å². The molecule has 0 aliphatic heterocycles. The van der Waals surface area contributed by atoms with E-state index in [-0.39, 0.29) is 11.3 Å². The number of nitrogens with zero attached hydrogens (tertiary/aromatic N) is 2. The van der Waals surface area contributed by atoms with Gasteiger partial charge in [-0.05, 0) is 35.0 Å². The van der Waals surface area contributed by atoms with Crippen LogP contribution in [0.5, 0.6) is 17.2 Å². The molecule has 0 unspecified atom stereocenters. The number of ether oxygens (including phenoxy) is 2. The number of fused-ring (bicyclic) bond motifs is 3. The molecule has 0 amide bonds. The Balaban J connectivity index is 2.21. The first-order chi connectivity index (χ1) is 13.0. The number of hydrogen-bond donors (Lipinski definition) is 2. The van der Waals surface area contributed by atoms with Gasteiger partial charge in [-0.3, -0.25) is 5.10 Å². The van der Waals surface area contributed by atoms with Crippen molar-refractivity contribution in [2.75, 3.05) is 14.2 Å². The summed E-state index contributed by atoms with van der Waals surface area (Å²) in [5.74, 6) is 0.345. The van der Waals surface area contributed by atoms with E-state index < -0.39 is 5.82 Å². The fourth-order valence-electron chi connectivity index (χ4n) is 3.35. The van der Waals surface area contributed by atoms with E-state index in [1.807, 2.05) is 6.92 Å². The first-order valence-electron chi connectivity index (χ1n) is 8.03. The second-order valence-corrected chi connectivity index (χ2v) is 6.89. The molecule has 0 aliphatic rings. The number of phenolic OH excluding ortho intramolecular Hbond substituents is 1. The number of pyridine rings is 1. The molecule has 0 saturated carbocycles. The Hall–Kier alpha value is -2.87. The average molecular weight is 432 g/mol. The number of aromatic amines is 1. The van der Waals surface area contributed by atoms with Gasteiger partial charge in [-0.2, -0.15) is 5.10 Å². The van der Waals surface area contributed by atoms with Gasteiger partial charge in [0, 0.05) is 33.4 Å². The number of benzene rings is 2. The highest BCUT2D eigenvalue weighted by molar-refractivity contribution is 9.10. The molecule has 0 saturated heterocycles. The summed E-state index contributed by atoms with van der Waals surface area (Å²) in [5.41, 5.74) is 2.01. The minimum atomic E-state index is -0.587. The summed E-state index contributed by atoms with van der Waals surface area (Å²) in [7, 11) is 3.12. The molecule has 8 heteroatoms. The number of aromatic nitrogens is 3. The van der Waals surface area contributed by atoms with Crippen molar-refractivity contribution in [3.63, 3.8) is 0 Å². The summed E-state index contributed by atoms with van der Waals surface area (Å²) in [4.78, 5) is 4.58. The van der Waals surface area contributed by atoms with E-state index in [2.05, 4.69) is 31.1 Å². The lowest BCUT2D eigenvalue weighted by atomic mass is 9.97. The molecule has 2 aromatic heterocycles. The molecule has 0 bridgehead atoms. The number of nitrogens with one attached hydrogen (secondary N) is 1. The predicted octanol–water partition coefficient (Wildman–Crippen LogP) is 4.71. The lowest BCUT2D eigenvalue weighted by molar-refractivity contribution is 0.354. The Kier molecular flexibility index (Phi) is 4.15. The highest BCUT2D eigenvalue weighted by Crippen LogP contribution is 2.43. The molecule has 4 aromatic rings. The third-order valence-electron chi connectivity index (χ3n) is 4.57. The van der Waals surface area contributed by atoms with E-state index in [1.165, 1.54) is 6.07 Å². The quantitative estimate of drug-likeness (QED) is 0.490. The second-order valence-electron chi connectivity index (χ2n) is 6.04. The van der Waals surface area contributed by atoms with Gasteiger partial charge >= 0.3 is 0 Å². The first-order valence-corrected chi connectivity index (χ1v) is 8.82. The first kappa shape index (κ1) is 17.5. The summed E-state index contributed by atoms with van der Waals surface area (Å²) in [5, 5.41) is 19.0. The third kappa shape index (κ3) is 2.59. The van der Waals surface area contributed by atoms with Crippen LogP contribution >= 0.6 is 15.9 Å². The second kappa shape index (κ2) is 6.38. The van der Waals surface area contributed by atoms with Gasteiger partial charge in [-0.1, -0.05) is 0 Å². The van der Waals surface area contributed by atoms with Gasteiger partial charge < -0.3 is 14.6 Å². The van der Waals surface area contributed by atoms with Crippen molar-refractivity contribution >= 4 is 37.7 Å². The van der Waals surface area contributed by atoms with Crippen molar-refractivity contribution in [2.24, 2.45) is 0 Å². The summed E-state index contributed by atoms with van der Waals surface area (Å²) in [6.45, 7) is 1.91. The van der Waals surface area contributed by atoms with Crippen LogP contribution in [0, 0.1) is 12.7 Å². The molecule has 2 aromatic carbocycles. The van der Waals surface area contributed by atoms with E-state index >= 15 is 0 Å². The maximum absolute atomic E-state index is 14.7.